The monoisotopic (exact) mass is 378 g/mol. The molecular formula is C20H27ClN2O3. The van der Waals surface area contributed by atoms with Gasteiger partial charge in [-0.15, -0.1) is 12.4 Å². The summed E-state index contributed by atoms with van der Waals surface area (Å²) in [6, 6.07) is 15.5. The third-order valence-electron chi connectivity index (χ3n) is 4.60. The molecule has 1 heterocycles. The average Bonchev–Trinajstić information content (AvgIpc) is 2.66. The van der Waals surface area contributed by atoms with E-state index in [1.54, 1.807) is 6.07 Å². The Morgan fingerprint density at radius 1 is 1.08 bits per heavy atom. The number of aliphatic hydroxyl groups is 1. The van der Waals surface area contributed by atoms with Gasteiger partial charge in [0.2, 0.25) is 0 Å². The van der Waals surface area contributed by atoms with E-state index in [2.05, 4.69) is 10.2 Å². The van der Waals surface area contributed by atoms with Gasteiger partial charge in [0.15, 0.2) is 0 Å². The van der Waals surface area contributed by atoms with Crippen LogP contribution in [0.5, 0.6) is 11.5 Å². The fourth-order valence-corrected chi connectivity index (χ4v) is 3.29. The van der Waals surface area contributed by atoms with Crippen LogP contribution in [-0.2, 0) is 6.61 Å². The molecule has 0 aromatic heterocycles. The lowest BCUT2D eigenvalue weighted by molar-refractivity contribution is 0.139. The molecule has 2 aromatic rings. The molecule has 1 saturated heterocycles. The van der Waals surface area contributed by atoms with Crippen molar-refractivity contribution in [3.63, 3.8) is 0 Å². The van der Waals surface area contributed by atoms with Crippen molar-refractivity contribution in [2.75, 3.05) is 32.8 Å². The summed E-state index contributed by atoms with van der Waals surface area (Å²) in [5.41, 5.74) is 1.94. The number of phenols is 1. The Morgan fingerprint density at radius 2 is 1.81 bits per heavy atom. The fraction of sp³-hybridized carbons (Fsp3) is 0.400. The summed E-state index contributed by atoms with van der Waals surface area (Å²) in [7, 11) is 0. The third kappa shape index (κ3) is 5.35. The second kappa shape index (κ2) is 10.4. The summed E-state index contributed by atoms with van der Waals surface area (Å²) < 4.78 is 5.78. The van der Waals surface area contributed by atoms with E-state index in [1.807, 2.05) is 42.5 Å². The van der Waals surface area contributed by atoms with Crippen molar-refractivity contribution in [3.05, 3.63) is 59.7 Å². The van der Waals surface area contributed by atoms with Gasteiger partial charge >= 0.3 is 0 Å². The van der Waals surface area contributed by atoms with Crippen molar-refractivity contribution in [3.8, 4) is 11.5 Å². The smallest absolute Gasteiger partial charge is 0.124 e. The predicted octanol–water partition coefficient (Wildman–Crippen LogP) is 2.72. The molecule has 2 aromatic carbocycles. The third-order valence-corrected chi connectivity index (χ3v) is 4.60. The van der Waals surface area contributed by atoms with E-state index < -0.39 is 0 Å². The van der Waals surface area contributed by atoms with Gasteiger partial charge in [0.1, 0.15) is 18.1 Å². The van der Waals surface area contributed by atoms with Gasteiger partial charge in [-0.1, -0.05) is 36.4 Å². The molecule has 0 bridgehead atoms. The zero-order valence-electron chi connectivity index (χ0n) is 14.8. The highest BCUT2D eigenvalue weighted by atomic mass is 35.5. The van der Waals surface area contributed by atoms with E-state index in [4.69, 9.17) is 4.74 Å². The summed E-state index contributed by atoms with van der Waals surface area (Å²) in [5.74, 6) is 0.871. The van der Waals surface area contributed by atoms with Crippen LogP contribution >= 0.6 is 12.4 Å². The fourth-order valence-electron chi connectivity index (χ4n) is 3.29. The summed E-state index contributed by atoms with van der Waals surface area (Å²) in [5, 5.41) is 23.3. The van der Waals surface area contributed by atoms with Gasteiger partial charge in [0.25, 0.3) is 0 Å². The number of nitrogens with one attached hydrogen (secondary N) is 1. The number of phenolic OH excluding ortho intramolecular Hbond substituents is 1. The van der Waals surface area contributed by atoms with E-state index in [1.165, 1.54) is 0 Å². The van der Waals surface area contributed by atoms with Crippen LogP contribution in [-0.4, -0.2) is 47.9 Å². The summed E-state index contributed by atoms with van der Waals surface area (Å²) >= 11 is 0. The highest BCUT2D eigenvalue weighted by molar-refractivity contribution is 5.85. The maximum absolute atomic E-state index is 10.5. The Kier molecular flexibility index (Phi) is 8.19. The van der Waals surface area contributed by atoms with Crippen LogP contribution in [0.15, 0.2) is 48.5 Å². The molecule has 1 fully saturated rings. The van der Waals surface area contributed by atoms with Crippen LogP contribution in [0.25, 0.3) is 0 Å². The number of aromatic hydroxyl groups is 1. The molecule has 3 rings (SSSR count). The molecule has 1 aliphatic heterocycles. The van der Waals surface area contributed by atoms with Gasteiger partial charge < -0.3 is 20.3 Å². The Hall–Kier alpha value is -1.79. The van der Waals surface area contributed by atoms with Crippen LogP contribution in [0.2, 0.25) is 0 Å². The summed E-state index contributed by atoms with van der Waals surface area (Å²) in [6.07, 6.45) is 0.609. The number of hydrogen-bond donors (Lipinski definition) is 3. The van der Waals surface area contributed by atoms with Gasteiger partial charge in [0, 0.05) is 50.5 Å². The molecule has 0 spiro atoms. The second-order valence-electron chi connectivity index (χ2n) is 6.31. The molecule has 0 aliphatic carbocycles. The summed E-state index contributed by atoms with van der Waals surface area (Å²) in [4.78, 5) is 2.31. The van der Waals surface area contributed by atoms with E-state index >= 15 is 0 Å². The molecule has 26 heavy (non-hydrogen) atoms. The average molecular weight is 379 g/mol. The van der Waals surface area contributed by atoms with Crippen molar-refractivity contribution >= 4 is 12.4 Å². The number of rotatable bonds is 7. The first-order valence-electron chi connectivity index (χ1n) is 8.83. The van der Waals surface area contributed by atoms with E-state index in [0.29, 0.717) is 18.8 Å². The number of nitrogens with zero attached hydrogens (tertiary/aromatic N) is 1. The zero-order valence-corrected chi connectivity index (χ0v) is 15.6. The molecule has 0 amide bonds. The largest absolute Gasteiger partial charge is 0.507 e. The van der Waals surface area contributed by atoms with E-state index in [0.717, 1.165) is 37.3 Å². The summed E-state index contributed by atoms with van der Waals surface area (Å²) in [6.45, 7) is 4.26. The molecule has 6 heteroatoms. The van der Waals surface area contributed by atoms with E-state index in [9.17, 15) is 10.2 Å². The lowest BCUT2D eigenvalue weighted by atomic mass is 10.00. The van der Waals surface area contributed by atoms with Crippen LogP contribution < -0.4 is 10.1 Å². The zero-order chi connectivity index (χ0) is 17.5. The Bertz CT molecular complexity index is 663. The van der Waals surface area contributed by atoms with Gasteiger partial charge in [-0.3, -0.25) is 4.90 Å². The molecule has 142 valence electrons. The molecule has 3 N–H and O–H groups in total. The van der Waals surface area contributed by atoms with E-state index in [-0.39, 0.29) is 30.8 Å². The lowest BCUT2D eigenvalue weighted by Crippen LogP contribution is -2.45. The molecule has 5 nitrogen and oxygen atoms in total. The quantitative estimate of drug-likeness (QED) is 0.691. The number of aliphatic hydroxyl groups excluding tert-OH is 1. The minimum absolute atomic E-state index is 0. The maximum atomic E-state index is 10.5. The van der Waals surface area contributed by atoms with Crippen molar-refractivity contribution in [1.82, 2.24) is 10.2 Å². The van der Waals surface area contributed by atoms with Crippen LogP contribution in [0.1, 0.15) is 23.6 Å². The van der Waals surface area contributed by atoms with Crippen LogP contribution in [0.4, 0.5) is 0 Å². The topological polar surface area (TPSA) is 65.0 Å². The minimum Gasteiger partial charge on any atom is -0.507 e. The first-order chi connectivity index (χ1) is 12.3. The Labute approximate surface area is 161 Å². The highest BCUT2D eigenvalue weighted by Gasteiger charge is 2.24. The number of halogens is 1. The number of ether oxygens (including phenoxy) is 1. The standard InChI is InChI=1S/C20H26N2O3.ClH/c23-13-8-19(22-11-9-21-10-12-22)18-7-6-17(14-20(18)24)25-15-16-4-2-1-3-5-16;/h1-7,14,19,21,23-24H,8-13,15H2;1H/t19-;/m0./s1. The second-order valence-corrected chi connectivity index (χ2v) is 6.31. The Balaban J connectivity index is 0.00000243. The van der Waals surface area contributed by atoms with Crippen molar-refractivity contribution in [2.24, 2.45) is 0 Å². The predicted molar refractivity (Wildman–Crippen MR) is 105 cm³/mol. The van der Waals surface area contributed by atoms with Gasteiger partial charge in [-0.05, 0) is 18.1 Å². The molecule has 0 saturated carbocycles. The molecule has 0 unspecified atom stereocenters. The van der Waals surface area contributed by atoms with Crippen LogP contribution in [0.3, 0.4) is 0 Å². The maximum Gasteiger partial charge on any atom is 0.124 e. The molecule has 1 aliphatic rings. The number of benzene rings is 2. The van der Waals surface area contributed by atoms with Crippen molar-refractivity contribution < 1.29 is 14.9 Å². The minimum atomic E-state index is 0. The van der Waals surface area contributed by atoms with Crippen LogP contribution in [0, 0.1) is 0 Å². The van der Waals surface area contributed by atoms with Gasteiger partial charge in [-0.2, -0.15) is 0 Å². The SMILES string of the molecule is Cl.OCC[C@@H](c1ccc(OCc2ccccc2)cc1O)N1CCNCC1. The number of piperazine rings is 1. The van der Waals surface area contributed by atoms with Crippen molar-refractivity contribution in [1.29, 1.82) is 0 Å². The first kappa shape index (κ1) is 20.5. The lowest BCUT2D eigenvalue weighted by Gasteiger charge is -2.35. The van der Waals surface area contributed by atoms with Gasteiger partial charge in [-0.25, -0.2) is 0 Å². The number of hydrogen-bond acceptors (Lipinski definition) is 5. The molecule has 1 atom stereocenters. The Morgan fingerprint density at radius 3 is 2.46 bits per heavy atom. The molecular weight excluding hydrogens is 352 g/mol. The van der Waals surface area contributed by atoms with Gasteiger partial charge in [0.05, 0.1) is 0 Å². The molecule has 0 radical (unpaired) electrons. The highest BCUT2D eigenvalue weighted by Crippen LogP contribution is 2.34. The first-order valence-corrected chi connectivity index (χ1v) is 8.83. The van der Waals surface area contributed by atoms with Crippen molar-refractivity contribution in [2.45, 2.75) is 19.1 Å². The normalized spacial score (nSPS) is 15.9.